The molecule has 35 heavy (non-hydrogen) atoms. The van der Waals surface area contributed by atoms with Gasteiger partial charge in [0, 0.05) is 33.1 Å². The first-order chi connectivity index (χ1) is 16.9. The van der Waals surface area contributed by atoms with Crippen LogP contribution >= 0.6 is 11.3 Å². The average molecular weight is 486 g/mol. The van der Waals surface area contributed by atoms with Gasteiger partial charge in [-0.15, -0.1) is 11.3 Å². The fourth-order valence-electron chi connectivity index (χ4n) is 6.23. The Balaban J connectivity index is 1.47. The Morgan fingerprint density at radius 1 is 1.03 bits per heavy atom. The lowest BCUT2D eigenvalue weighted by molar-refractivity contribution is -0.140. The Morgan fingerprint density at radius 3 is 2.57 bits per heavy atom. The highest BCUT2D eigenvalue weighted by atomic mass is 32.1. The number of amides is 2. The molecule has 0 unspecified atom stereocenters. The van der Waals surface area contributed by atoms with E-state index in [-0.39, 0.29) is 48.0 Å². The number of aromatic hydroxyl groups is 1. The number of phenols is 1. The first-order valence-electron chi connectivity index (χ1n) is 11.7. The van der Waals surface area contributed by atoms with Crippen LogP contribution in [0.5, 0.6) is 5.75 Å². The lowest BCUT2D eigenvalue weighted by Gasteiger charge is -2.42. The molecule has 1 N–H and O–H groups in total. The van der Waals surface area contributed by atoms with Gasteiger partial charge in [0.2, 0.25) is 11.8 Å². The minimum absolute atomic E-state index is 0.0358. The molecule has 1 aromatic heterocycles. The van der Waals surface area contributed by atoms with Gasteiger partial charge in [0.25, 0.3) is 0 Å². The van der Waals surface area contributed by atoms with Crippen molar-refractivity contribution in [3.63, 3.8) is 0 Å². The van der Waals surface area contributed by atoms with Gasteiger partial charge in [-0.1, -0.05) is 35.9 Å². The first-order valence-corrected chi connectivity index (χ1v) is 12.6. The molecule has 6 nitrogen and oxygen atoms in total. The summed E-state index contributed by atoms with van der Waals surface area (Å²) in [6.45, 7) is 1.88. The molecule has 0 spiro atoms. The Morgan fingerprint density at radius 2 is 1.83 bits per heavy atom. The van der Waals surface area contributed by atoms with E-state index in [0.717, 1.165) is 10.5 Å². The highest BCUT2D eigenvalue weighted by Gasteiger charge is 2.56. The van der Waals surface area contributed by atoms with Crippen LogP contribution in [0.3, 0.4) is 0 Å². The van der Waals surface area contributed by atoms with Crippen molar-refractivity contribution in [2.75, 3.05) is 0 Å². The maximum atomic E-state index is 13.7. The molecule has 0 saturated carbocycles. The lowest BCUT2D eigenvalue weighted by Crippen LogP contribution is -2.39. The van der Waals surface area contributed by atoms with E-state index in [9.17, 15) is 24.3 Å². The van der Waals surface area contributed by atoms with Gasteiger partial charge in [-0.05, 0) is 49.3 Å². The molecule has 2 amide bonds. The van der Waals surface area contributed by atoms with Crippen LogP contribution in [0.1, 0.15) is 36.1 Å². The number of thiophene rings is 1. The van der Waals surface area contributed by atoms with E-state index in [2.05, 4.69) is 0 Å². The number of fused-ring (bicyclic) bond motifs is 3. The van der Waals surface area contributed by atoms with Gasteiger partial charge in [-0.2, -0.15) is 0 Å². The molecule has 1 aromatic carbocycles. The number of benzene rings is 1. The summed E-state index contributed by atoms with van der Waals surface area (Å²) in [5, 5.41) is 12.7. The molecule has 0 radical (unpaired) electrons. The van der Waals surface area contributed by atoms with Crippen molar-refractivity contribution in [3.8, 4) is 5.75 Å². The summed E-state index contributed by atoms with van der Waals surface area (Å²) in [5.41, 5.74) is 2.55. The van der Waals surface area contributed by atoms with Crippen LogP contribution in [0.4, 0.5) is 0 Å². The van der Waals surface area contributed by atoms with Crippen molar-refractivity contribution < 1.29 is 24.3 Å². The van der Waals surface area contributed by atoms with Crippen LogP contribution < -0.4 is 0 Å². The molecule has 4 atom stereocenters. The molecule has 1 saturated heterocycles. The first kappa shape index (κ1) is 21.9. The predicted molar refractivity (Wildman–Crippen MR) is 129 cm³/mol. The molecule has 7 heteroatoms. The summed E-state index contributed by atoms with van der Waals surface area (Å²) in [6.07, 6.45) is 3.97. The number of hydrogen-bond donors (Lipinski definition) is 1. The van der Waals surface area contributed by atoms with Crippen molar-refractivity contribution in [2.45, 2.75) is 32.2 Å². The number of carbonyl (C=O) groups excluding carboxylic acids is 4. The maximum Gasteiger partial charge on any atom is 0.234 e. The molecule has 3 aliphatic carbocycles. The van der Waals surface area contributed by atoms with Crippen LogP contribution in [0.15, 0.2) is 76.2 Å². The second-order valence-electron chi connectivity index (χ2n) is 9.63. The molecular weight excluding hydrogens is 462 g/mol. The number of imide groups is 1. The molecule has 2 heterocycles. The number of nitrogens with zero attached hydrogens (tertiary/aromatic N) is 1. The smallest absolute Gasteiger partial charge is 0.234 e. The zero-order chi connectivity index (χ0) is 24.4. The number of hydrogen-bond acceptors (Lipinski definition) is 6. The predicted octanol–water partition coefficient (Wildman–Crippen LogP) is 4.08. The van der Waals surface area contributed by atoms with Crippen molar-refractivity contribution in [1.82, 2.24) is 4.90 Å². The second kappa shape index (κ2) is 7.99. The highest BCUT2D eigenvalue weighted by molar-refractivity contribution is 7.09. The summed E-state index contributed by atoms with van der Waals surface area (Å²) in [6, 6.07) is 10.6. The van der Waals surface area contributed by atoms with Gasteiger partial charge in [-0.3, -0.25) is 24.1 Å². The van der Waals surface area contributed by atoms with E-state index >= 15 is 0 Å². The molecular formula is C28H23NO5S. The fraction of sp³-hybridized carbons (Fsp3) is 0.286. The van der Waals surface area contributed by atoms with E-state index in [1.165, 1.54) is 22.3 Å². The monoisotopic (exact) mass is 485 g/mol. The second-order valence-corrected chi connectivity index (χ2v) is 10.7. The van der Waals surface area contributed by atoms with Crippen LogP contribution in [0.25, 0.3) is 0 Å². The standard InChI is InChI=1S/C28H23NO5S/c1-14-11-22(31)20-12-19-16(23(25(20)26(14)32)17-6-2-3-7-21(17)30)8-9-18-24(19)28(34)29(27(18)33)13-15-5-4-10-35-15/h2-8,10-11,18-19,23-24,30H,9,12-13H2,1H3/t18-,19+,23+,24-/m0/s1. The quantitative estimate of drug-likeness (QED) is 0.402. The van der Waals surface area contributed by atoms with Crippen LogP contribution in [0, 0.1) is 17.8 Å². The van der Waals surface area contributed by atoms with E-state index in [0.29, 0.717) is 28.7 Å². The molecule has 1 aliphatic heterocycles. The third kappa shape index (κ3) is 3.22. The zero-order valence-corrected chi connectivity index (χ0v) is 19.9. The number of phenolic OH excluding ortho intramolecular Hbond substituents is 1. The summed E-state index contributed by atoms with van der Waals surface area (Å²) in [4.78, 5) is 55.7. The molecule has 2 aromatic rings. The topological polar surface area (TPSA) is 91.8 Å². The number of rotatable bonds is 3. The Kier molecular flexibility index (Phi) is 5.00. The number of para-hydroxylation sites is 1. The number of ketones is 2. The van der Waals surface area contributed by atoms with Gasteiger partial charge >= 0.3 is 0 Å². The third-order valence-corrected chi connectivity index (χ3v) is 8.66. The van der Waals surface area contributed by atoms with Crippen molar-refractivity contribution in [1.29, 1.82) is 0 Å². The van der Waals surface area contributed by atoms with Gasteiger partial charge < -0.3 is 5.11 Å². The largest absolute Gasteiger partial charge is 0.508 e. The normalized spacial score (nSPS) is 28.0. The van der Waals surface area contributed by atoms with Gasteiger partial charge in [0.05, 0.1) is 18.4 Å². The van der Waals surface area contributed by atoms with Gasteiger partial charge in [-0.25, -0.2) is 0 Å². The SMILES string of the molecule is CC1=CC(=O)C2=C(C1=O)[C@@H](c1ccccc1O)C1=CC[C@@H]3C(=O)N(Cc4cccs4)C(=O)[C@@H]3[C@@H]1C2. The molecule has 6 rings (SSSR count). The third-order valence-electron chi connectivity index (χ3n) is 7.80. The average Bonchev–Trinajstić information content (AvgIpc) is 3.44. The van der Waals surface area contributed by atoms with E-state index in [4.69, 9.17) is 0 Å². The molecule has 4 aliphatic rings. The van der Waals surface area contributed by atoms with E-state index < -0.39 is 17.8 Å². The molecule has 0 bridgehead atoms. The van der Waals surface area contributed by atoms with Crippen LogP contribution in [-0.4, -0.2) is 33.4 Å². The van der Waals surface area contributed by atoms with Crippen LogP contribution in [0.2, 0.25) is 0 Å². The van der Waals surface area contributed by atoms with Crippen molar-refractivity contribution in [2.24, 2.45) is 17.8 Å². The molecule has 176 valence electrons. The lowest BCUT2D eigenvalue weighted by atomic mass is 9.59. The minimum atomic E-state index is -0.625. The summed E-state index contributed by atoms with van der Waals surface area (Å²) < 4.78 is 0. The number of allylic oxidation sites excluding steroid dienone is 6. The molecule has 1 fully saturated rings. The van der Waals surface area contributed by atoms with Crippen LogP contribution in [-0.2, 0) is 25.7 Å². The Hall–Kier alpha value is -3.58. The number of carbonyl (C=O) groups is 4. The Labute approximate surface area is 206 Å². The number of Topliss-reactive ketones (excluding diaryl/α,β-unsaturated/α-hetero) is 1. The Bertz CT molecular complexity index is 1400. The van der Waals surface area contributed by atoms with E-state index in [1.807, 2.05) is 23.6 Å². The summed E-state index contributed by atoms with van der Waals surface area (Å²) in [5.74, 6) is -2.86. The van der Waals surface area contributed by atoms with Crippen molar-refractivity contribution >= 4 is 34.7 Å². The fourth-order valence-corrected chi connectivity index (χ4v) is 6.92. The maximum absolute atomic E-state index is 13.7. The summed E-state index contributed by atoms with van der Waals surface area (Å²) in [7, 11) is 0. The number of likely N-dealkylation sites (tertiary alicyclic amines) is 1. The highest BCUT2D eigenvalue weighted by Crippen LogP contribution is 2.56. The minimum Gasteiger partial charge on any atom is -0.508 e. The van der Waals surface area contributed by atoms with Gasteiger partial charge in [0.15, 0.2) is 11.6 Å². The van der Waals surface area contributed by atoms with Crippen molar-refractivity contribution in [3.05, 3.63) is 86.7 Å². The van der Waals surface area contributed by atoms with Gasteiger partial charge in [0.1, 0.15) is 5.75 Å². The zero-order valence-electron chi connectivity index (χ0n) is 19.1. The van der Waals surface area contributed by atoms with E-state index in [1.54, 1.807) is 31.2 Å². The summed E-state index contributed by atoms with van der Waals surface area (Å²) >= 11 is 1.50.